The van der Waals surface area contributed by atoms with E-state index in [1.54, 1.807) is 6.08 Å². The molecular formula is C17H26N6O. The average Bonchev–Trinajstić information content (AvgIpc) is 3.20. The van der Waals surface area contributed by atoms with E-state index >= 15 is 0 Å². The van der Waals surface area contributed by atoms with Gasteiger partial charge in [-0.1, -0.05) is 0 Å². The predicted octanol–water partition coefficient (Wildman–Crippen LogP) is 0.406. The van der Waals surface area contributed by atoms with E-state index < -0.39 is 0 Å². The van der Waals surface area contributed by atoms with Gasteiger partial charge >= 0.3 is 0 Å². The highest BCUT2D eigenvalue weighted by molar-refractivity contribution is 6.03. The fraction of sp³-hybridized carbons (Fsp3) is 0.529. The second-order valence-electron chi connectivity index (χ2n) is 6.90. The van der Waals surface area contributed by atoms with Crippen LogP contribution in [0.2, 0.25) is 0 Å². The van der Waals surface area contributed by atoms with Crippen molar-refractivity contribution in [3.05, 3.63) is 35.3 Å². The number of fused-ring (bicyclic) bond motifs is 1. The molecule has 2 unspecified atom stereocenters. The molecule has 2 heterocycles. The second kappa shape index (κ2) is 6.68. The minimum Gasteiger partial charge on any atom is -0.397 e. The fourth-order valence-electron chi connectivity index (χ4n) is 3.92. The lowest BCUT2D eigenvalue weighted by atomic mass is 10.0. The summed E-state index contributed by atoms with van der Waals surface area (Å²) in [5, 5.41) is 15.8. The molecule has 0 radical (unpaired) electrons. The van der Waals surface area contributed by atoms with Crippen LogP contribution in [0.3, 0.4) is 0 Å². The Morgan fingerprint density at radius 3 is 2.62 bits per heavy atom. The number of hydrazine groups is 1. The molecule has 7 nitrogen and oxygen atoms in total. The molecule has 2 fully saturated rings. The minimum atomic E-state index is -0.0407. The Bertz CT molecular complexity index is 623. The third-order valence-corrected chi connectivity index (χ3v) is 5.17. The molecule has 1 saturated carbocycles. The first-order valence-corrected chi connectivity index (χ1v) is 8.40. The number of carbonyl (C=O) groups is 1. The van der Waals surface area contributed by atoms with Crippen LogP contribution in [0.5, 0.6) is 0 Å². The summed E-state index contributed by atoms with van der Waals surface area (Å²) in [5.74, 6) is 1.30. The Labute approximate surface area is 142 Å². The van der Waals surface area contributed by atoms with Gasteiger partial charge in [-0.15, -0.1) is 0 Å². The van der Waals surface area contributed by atoms with Gasteiger partial charge in [-0.05, 0) is 62.4 Å². The molecular weight excluding hydrogens is 304 g/mol. The molecule has 1 amide bonds. The zero-order valence-corrected chi connectivity index (χ0v) is 14.2. The maximum Gasteiger partial charge on any atom is 0.228 e. The van der Waals surface area contributed by atoms with Crippen molar-refractivity contribution >= 4 is 11.7 Å². The summed E-state index contributed by atoms with van der Waals surface area (Å²) in [6.07, 6.45) is 6.92. The van der Waals surface area contributed by atoms with Crippen LogP contribution in [0.4, 0.5) is 0 Å². The van der Waals surface area contributed by atoms with Crippen molar-refractivity contribution in [3.8, 4) is 0 Å². The predicted molar refractivity (Wildman–Crippen MR) is 93.5 cm³/mol. The zero-order valence-electron chi connectivity index (χ0n) is 14.2. The first kappa shape index (κ1) is 16.6. The van der Waals surface area contributed by atoms with Crippen molar-refractivity contribution in [1.82, 2.24) is 21.1 Å². The first-order chi connectivity index (χ1) is 11.5. The number of hydrogen-bond donors (Lipinski definition) is 5. The van der Waals surface area contributed by atoms with Crippen molar-refractivity contribution in [2.45, 2.75) is 19.8 Å². The molecule has 24 heavy (non-hydrogen) atoms. The van der Waals surface area contributed by atoms with Crippen LogP contribution in [-0.4, -0.2) is 36.9 Å². The summed E-state index contributed by atoms with van der Waals surface area (Å²) in [6, 6.07) is 0. The molecule has 1 aliphatic carbocycles. The monoisotopic (exact) mass is 330 g/mol. The maximum absolute atomic E-state index is 12.3. The van der Waals surface area contributed by atoms with E-state index in [0.29, 0.717) is 17.5 Å². The van der Waals surface area contributed by atoms with E-state index in [2.05, 4.69) is 16.1 Å². The van der Waals surface area contributed by atoms with Gasteiger partial charge in [-0.25, -0.2) is 0 Å². The molecule has 0 aromatic carbocycles. The number of likely N-dealkylation sites (N-methyl/N-ethyl adjacent to an activating group) is 1. The molecule has 130 valence electrons. The molecule has 1 saturated heterocycles. The Morgan fingerprint density at radius 2 is 2.04 bits per heavy atom. The van der Waals surface area contributed by atoms with Crippen LogP contribution in [0, 0.1) is 23.2 Å². The number of allylic oxidation sites excluding steroid dienone is 2. The lowest BCUT2D eigenvalue weighted by Crippen LogP contribution is -2.34. The summed E-state index contributed by atoms with van der Waals surface area (Å²) in [6.45, 7) is 4.00. The summed E-state index contributed by atoms with van der Waals surface area (Å²) in [7, 11) is 1.88. The highest BCUT2D eigenvalue weighted by atomic mass is 16.1. The standard InChI is InChI=1S/C17H26N6O/c1-10-7-21-23(2)16(10)14(18)3-4-15(19)22-17(24)11-5-12-8-20-9-13(12)6-11/h3-4,7,11-13,20-21H,5-6,8-9,18H2,1-2H3,(H2,19,22,24). The number of nitrogens with two attached hydrogens (primary N) is 1. The summed E-state index contributed by atoms with van der Waals surface area (Å²) >= 11 is 0. The topological polar surface area (TPSA) is 106 Å². The van der Waals surface area contributed by atoms with Gasteiger partial charge in [0.25, 0.3) is 0 Å². The molecule has 0 bridgehead atoms. The molecule has 0 aromatic rings. The van der Waals surface area contributed by atoms with Gasteiger partial charge in [0.15, 0.2) is 0 Å². The lowest BCUT2D eigenvalue weighted by molar-refractivity contribution is -0.123. The Hall–Kier alpha value is -2.28. The average molecular weight is 330 g/mol. The maximum atomic E-state index is 12.3. The SMILES string of the molecule is CC1=CNN(C)C1=C(N)C=CC(=N)NC(=O)C1CC2CNCC2C1. The first-order valence-electron chi connectivity index (χ1n) is 8.40. The van der Waals surface area contributed by atoms with Gasteiger partial charge in [0.1, 0.15) is 5.84 Å². The molecule has 2 atom stereocenters. The number of nitrogens with one attached hydrogen (secondary N) is 4. The zero-order chi connectivity index (χ0) is 17.3. The smallest absolute Gasteiger partial charge is 0.228 e. The van der Waals surface area contributed by atoms with Crippen molar-refractivity contribution in [1.29, 1.82) is 5.41 Å². The van der Waals surface area contributed by atoms with Crippen LogP contribution in [0.15, 0.2) is 35.3 Å². The fourth-order valence-corrected chi connectivity index (χ4v) is 3.92. The minimum absolute atomic E-state index is 0.0295. The highest BCUT2D eigenvalue weighted by Gasteiger charge is 2.40. The second-order valence-corrected chi connectivity index (χ2v) is 6.90. The number of nitrogens with zero attached hydrogens (tertiary/aromatic N) is 1. The summed E-state index contributed by atoms with van der Waals surface area (Å²) < 4.78 is 0. The molecule has 3 rings (SSSR count). The molecule has 6 N–H and O–H groups in total. The van der Waals surface area contributed by atoms with Gasteiger partial charge in [0.05, 0.1) is 11.4 Å². The van der Waals surface area contributed by atoms with E-state index in [1.807, 2.05) is 25.2 Å². The van der Waals surface area contributed by atoms with Crippen molar-refractivity contribution in [3.63, 3.8) is 0 Å². The normalized spacial score (nSPS) is 31.0. The van der Waals surface area contributed by atoms with Crippen LogP contribution < -0.4 is 21.8 Å². The van der Waals surface area contributed by atoms with E-state index in [9.17, 15) is 4.79 Å². The molecule has 0 spiro atoms. The number of amidine groups is 1. The van der Waals surface area contributed by atoms with E-state index in [1.165, 1.54) is 6.08 Å². The highest BCUT2D eigenvalue weighted by Crippen LogP contribution is 2.38. The van der Waals surface area contributed by atoms with Crippen molar-refractivity contribution in [2.24, 2.45) is 23.5 Å². The van der Waals surface area contributed by atoms with Gasteiger partial charge in [0, 0.05) is 19.2 Å². The Balaban J connectivity index is 1.55. The van der Waals surface area contributed by atoms with Crippen LogP contribution >= 0.6 is 0 Å². The van der Waals surface area contributed by atoms with E-state index in [4.69, 9.17) is 11.1 Å². The quantitative estimate of drug-likeness (QED) is 0.381. The van der Waals surface area contributed by atoms with E-state index in [0.717, 1.165) is 37.2 Å². The van der Waals surface area contributed by atoms with Gasteiger partial charge < -0.3 is 21.8 Å². The molecule has 7 heteroatoms. The van der Waals surface area contributed by atoms with Crippen LogP contribution in [0.25, 0.3) is 0 Å². The number of carbonyl (C=O) groups excluding carboxylic acids is 1. The summed E-state index contributed by atoms with van der Waals surface area (Å²) in [5.41, 5.74) is 11.6. The number of amides is 1. The van der Waals surface area contributed by atoms with E-state index in [-0.39, 0.29) is 17.7 Å². The molecule has 3 aliphatic rings. The molecule has 0 aromatic heterocycles. The molecule has 2 aliphatic heterocycles. The third kappa shape index (κ3) is 3.31. The number of hydrogen-bond acceptors (Lipinski definition) is 6. The Kier molecular flexibility index (Phi) is 4.62. The van der Waals surface area contributed by atoms with Gasteiger partial charge in [-0.3, -0.25) is 15.2 Å². The lowest BCUT2D eigenvalue weighted by Gasteiger charge is -2.16. The largest absolute Gasteiger partial charge is 0.397 e. The third-order valence-electron chi connectivity index (χ3n) is 5.17. The number of rotatable bonds is 3. The van der Waals surface area contributed by atoms with Crippen LogP contribution in [0.1, 0.15) is 19.8 Å². The van der Waals surface area contributed by atoms with Crippen molar-refractivity contribution in [2.75, 3.05) is 20.1 Å². The Morgan fingerprint density at radius 1 is 1.38 bits per heavy atom. The van der Waals surface area contributed by atoms with Crippen molar-refractivity contribution < 1.29 is 4.79 Å². The van der Waals surface area contributed by atoms with Gasteiger partial charge in [0.2, 0.25) is 5.91 Å². The van der Waals surface area contributed by atoms with Gasteiger partial charge in [-0.2, -0.15) is 0 Å². The van der Waals surface area contributed by atoms with Crippen LogP contribution in [-0.2, 0) is 4.79 Å². The summed E-state index contributed by atoms with van der Waals surface area (Å²) in [4.78, 5) is 12.3.